The van der Waals surface area contributed by atoms with Crippen LogP contribution in [0, 0.1) is 11.7 Å². The number of ether oxygens (including phenoxy) is 1. The molecule has 170 valence electrons. The lowest BCUT2D eigenvalue weighted by Gasteiger charge is -2.38. The van der Waals surface area contributed by atoms with Crippen LogP contribution in [0.2, 0.25) is 0 Å². The summed E-state index contributed by atoms with van der Waals surface area (Å²) in [6, 6.07) is 4.95. The SMILES string of the molecule is CC(C)S(=O)(=O)NC1CCC(CNc2ccc(F)cc2N2C[C@@H](C)O[C@@H](C)C2)CC1. The van der Waals surface area contributed by atoms with Gasteiger partial charge in [-0.15, -0.1) is 0 Å². The Morgan fingerprint density at radius 1 is 1.13 bits per heavy atom. The number of rotatable bonds is 7. The molecule has 8 heteroatoms. The van der Waals surface area contributed by atoms with Crippen LogP contribution in [0.3, 0.4) is 0 Å². The first-order chi connectivity index (χ1) is 14.1. The average Bonchev–Trinajstić information content (AvgIpc) is 2.67. The number of anilines is 2. The lowest BCUT2D eigenvalue weighted by atomic mass is 9.86. The Morgan fingerprint density at radius 3 is 2.37 bits per heavy atom. The fourth-order valence-corrected chi connectivity index (χ4v) is 5.37. The van der Waals surface area contributed by atoms with Crippen LogP contribution >= 0.6 is 0 Å². The van der Waals surface area contributed by atoms with Crippen molar-refractivity contribution in [3.63, 3.8) is 0 Å². The zero-order valence-electron chi connectivity index (χ0n) is 18.5. The van der Waals surface area contributed by atoms with E-state index in [0.29, 0.717) is 5.92 Å². The van der Waals surface area contributed by atoms with E-state index in [4.69, 9.17) is 4.74 Å². The molecule has 30 heavy (non-hydrogen) atoms. The zero-order valence-corrected chi connectivity index (χ0v) is 19.3. The lowest BCUT2D eigenvalue weighted by molar-refractivity contribution is -0.00519. The van der Waals surface area contributed by atoms with Gasteiger partial charge in [-0.05, 0) is 77.5 Å². The molecule has 1 aromatic carbocycles. The van der Waals surface area contributed by atoms with E-state index in [1.165, 1.54) is 6.07 Å². The first kappa shape index (κ1) is 23.3. The molecule has 1 aliphatic heterocycles. The maximum atomic E-state index is 14.0. The first-order valence-electron chi connectivity index (χ1n) is 11.1. The second-order valence-electron chi connectivity index (χ2n) is 9.13. The van der Waals surface area contributed by atoms with Crippen molar-refractivity contribution in [1.82, 2.24) is 4.72 Å². The van der Waals surface area contributed by atoms with E-state index in [1.54, 1.807) is 19.9 Å². The van der Waals surface area contributed by atoms with Crippen LogP contribution < -0.4 is 14.9 Å². The number of hydrogen-bond donors (Lipinski definition) is 2. The average molecular weight is 442 g/mol. The molecule has 1 aliphatic carbocycles. The van der Waals surface area contributed by atoms with Crippen LogP contribution in [0.4, 0.5) is 15.8 Å². The number of halogens is 1. The molecule has 2 fully saturated rings. The van der Waals surface area contributed by atoms with Crippen molar-refractivity contribution >= 4 is 21.4 Å². The Hall–Kier alpha value is -1.38. The van der Waals surface area contributed by atoms with E-state index >= 15 is 0 Å². The Morgan fingerprint density at radius 2 is 1.77 bits per heavy atom. The van der Waals surface area contributed by atoms with Crippen LogP contribution in [0.15, 0.2) is 18.2 Å². The van der Waals surface area contributed by atoms with Crippen molar-refractivity contribution < 1.29 is 17.5 Å². The van der Waals surface area contributed by atoms with Gasteiger partial charge in [0.15, 0.2) is 0 Å². The highest BCUT2D eigenvalue weighted by Gasteiger charge is 2.27. The van der Waals surface area contributed by atoms with E-state index in [-0.39, 0.29) is 24.1 Å². The predicted molar refractivity (Wildman–Crippen MR) is 120 cm³/mol. The quantitative estimate of drug-likeness (QED) is 0.675. The summed E-state index contributed by atoms with van der Waals surface area (Å²) in [5, 5.41) is 3.13. The Labute approximate surface area is 180 Å². The first-order valence-corrected chi connectivity index (χ1v) is 12.6. The summed E-state index contributed by atoms with van der Waals surface area (Å²) in [4.78, 5) is 2.20. The second kappa shape index (κ2) is 9.83. The third-order valence-corrected chi connectivity index (χ3v) is 8.00. The summed E-state index contributed by atoms with van der Waals surface area (Å²) in [6.45, 7) is 9.77. The molecule has 2 N–H and O–H groups in total. The number of morpholine rings is 1. The van der Waals surface area contributed by atoms with Gasteiger partial charge in [-0.2, -0.15) is 0 Å². The minimum absolute atomic E-state index is 0.0337. The normalized spacial score (nSPS) is 28.0. The van der Waals surface area contributed by atoms with Gasteiger partial charge in [-0.25, -0.2) is 17.5 Å². The molecule has 1 heterocycles. The Kier molecular flexibility index (Phi) is 7.63. The minimum Gasteiger partial charge on any atom is -0.383 e. The highest BCUT2D eigenvalue weighted by atomic mass is 32.2. The van der Waals surface area contributed by atoms with Gasteiger partial charge in [0.2, 0.25) is 10.0 Å². The number of hydrogen-bond acceptors (Lipinski definition) is 5. The predicted octanol–water partition coefficient (Wildman–Crippen LogP) is 3.74. The van der Waals surface area contributed by atoms with Crippen LogP contribution in [0.1, 0.15) is 53.4 Å². The van der Waals surface area contributed by atoms with Gasteiger partial charge in [0.05, 0.1) is 28.8 Å². The van der Waals surface area contributed by atoms with E-state index in [2.05, 4.69) is 14.9 Å². The zero-order chi connectivity index (χ0) is 21.9. The molecule has 1 saturated carbocycles. The molecule has 0 radical (unpaired) electrons. The third kappa shape index (κ3) is 6.08. The third-order valence-electron chi connectivity index (χ3n) is 6.10. The topological polar surface area (TPSA) is 70.7 Å². The van der Waals surface area contributed by atoms with Crippen molar-refractivity contribution in [3.8, 4) is 0 Å². The Balaban J connectivity index is 1.57. The maximum absolute atomic E-state index is 14.0. The van der Waals surface area contributed by atoms with Crippen LogP contribution in [0.25, 0.3) is 0 Å². The van der Waals surface area contributed by atoms with Gasteiger partial charge < -0.3 is 15.0 Å². The molecule has 2 atom stereocenters. The molecule has 3 rings (SSSR count). The van der Waals surface area contributed by atoms with Crippen molar-refractivity contribution in [2.24, 2.45) is 5.92 Å². The standard InChI is InChI=1S/C22H36FN3O3S/c1-15(2)30(27,28)25-20-8-5-18(6-9-20)12-24-21-10-7-19(23)11-22(21)26-13-16(3)29-17(4)14-26/h7,10-11,15-18,20,24-25H,5-6,8-9,12-14H2,1-4H3/t16-,17+,18?,20?. The van der Waals surface area contributed by atoms with Crippen molar-refractivity contribution in [2.45, 2.75) is 76.9 Å². The van der Waals surface area contributed by atoms with Gasteiger partial charge in [0, 0.05) is 25.7 Å². The van der Waals surface area contributed by atoms with Gasteiger partial charge in [0.1, 0.15) is 5.82 Å². The maximum Gasteiger partial charge on any atom is 0.214 e. The fourth-order valence-electron chi connectivity index (χ4n) is 4.40. The van der Waals surface area contributed by atoms with Crippen LogP contribution in [-0.4, -0.2) is 51.6 Å². The van der Waals surface area contributed by atoms with E-state index in [1.807, 2.05) is 19.9 Å². The summed E-state index contributed by atoms with van der Waals surface area (Å²) < 4.78 is 46.8. The molecule has 1 aromatic rings. The van der Waals surface area contributed by atoms with Crippen LogP contribution in [-0.2, 0) is 14.8 Å². The van der Waals surface area contributed by atoms with Crippen LogP contribution in [0.5, 0.6) is 0 Å². The molecular weight excluding hydrogens is 405 g/mol. The van der Waals surface area contributed by atoms with E-state index in [9.17, 15) is 12.8 Å². The summed E-state index contributed by atoms with van der Waals surface area (Å²) in [5.41, 5.74) is 1.83. The minimum atomic E-state index is -3.22. The van der Waals surface area contributed by atoms with Gasteiger partial charge >= 0.3 is 0 Å². The molecule has 1 saturated heterocycles. The number of benzene rings is 1. The van der Waals surface area contributed by atoms with Gasteiger partial charge in [-0.3, -0.25) is 0 Å². The molecule has 6 nitrogen and oxygen atoms in total. The number of nitrogens with zero attached hydrogens (tertiary/aromatic N) is 1. The van der Waals surface area contributed by atoms with Crippen molar-refractivity contribution in [3.05, 3.63) is 24.0 Å². The molecule has 0 aromatic heterocycles. The molecule has 0 amide bonds. The highest BCUT2D eigenvalue weighted by molar-refractivity contribution is 7.90. The molecular formula is C22H36FN3O3S. The summed E-state index contributed by atoms with van der Waals surface area (Å²) in [7, 11) is -3.22. The monoisotopic (exact) mass is 441 g/mol. The van der Waals surface area contributed by atoms with Crippen molar-refractivity contribution in [2.75, 3.05) is 29.9 Å². The molecule has 2 aliphatic rings. The van der Waals surface area contributed by atoms with Gasteiger partial charge in [-0.1, -0.05) is 0 Å². The Bertz CT molecular complexity index is 800. The van der Waals surface area contributed by atoms with E-state index < -0.39 is 15.3 Å². The number of sulfonamides is 1. The molecule has 0 spiro atoms. The second-order valence-corrected chi connectivity index (χ2v) is 11.4. The largest absolute Gasteiger partial charge is 0.383 e. The van der Waals surface area contributed by atoms with Gasteiger partial charge in [0.25, 0.3) is 0 Å². The highest BCUT2D eigenvalue weighted by Crippen LogP contribution is 2.31. The summed E-state index contributed by atoms with van der Waals surface area (Å²) in [5.74, 6) is 0.241. The van der Waals surface area contributed by atoms with Crippen molar-refractivity contribution in [1.29, 1.82) is 0 Å². The fraction of sp³-hybridized carbons (Fsp3) is 0.727. The molecule has 0 unspecified atom stereocenters. The van der Waals surface area contributed by atoms with E-state index in [0.717, 1.165) is 56.7 Å². The smallest absolute Gasteiger partial charge is 0.214 e. The summed E-state index contributed by atoms with van der Waals surface area (Å²) in [6.07, 6.45) is 3.87. The number of nitrogens with one attached hydrogen (secondary N) is 2. The lowest BCUT2D eigenvalue weighted by Crippen LogP contribution is -2.45. The molecule has 0 bridgehead atoms. The summed E-state index contributed by atoms with van der Waals surface area (Å²) >= 11 is 0.